The second kappa shape index (κ2) is 9.99. The third-order valence-electron chi connectivity index (χ3n) is 3.27. The summed E-state index contributed by atoms with van der Waals surface area (Å²) in [6, 6.07) is 9.46. The Labute approximate surface area is 118 Å². The van der Waals surface area contributed by atoms with Gasteiger partial charge in [0.1, 0.15) is 0 Å². The van der Waals surface area contributed by atoms with Crippen molar-refractivity contribution in [2.24, 2.45) is 0 Å². The van der Waals surface area contributed by atoms with E-state index in [0.717, 1.165) is 32.6 Å². The van der Waals surface area contributed by atoms with Crippen LogP contribution >= 0.6 is 0 Å². The molecule has 1 aromatic rings. The van der Waals surface area contributed by atoms with Gasteiger partial charge in [0.2, 0.25) is 0 Å². The maximum absolute atomic E-state index is 5.60. The molecule has 0 heterocycles. The van der Waals surface area contributed by atoms with Crippen molar-refractivity contribution in [3.63, 3.8) is 0 Å². The third-order valence-corrected chi connectivity index (χ3v) is 3.27. The van der Waals surface area contributed by atoms with Crippen LogP contribution in [0.2, 0.25) is 0 Å². The molecule has 0 fully saturated rings. The largest absolute Gasteiger partial charge is 0.381 e. The molecule has 2 heteroatoms. The molecule has 0 aliphatic heterocycles. The fourth-order valence-corrected chi connectivity index (χ4v) is 2.29. The number of aryl methyl sites for hydroxylation is 1. The van der Waals surface area contributed by atoms with Gasteiger partial charge in [-0.3, -0.25) is 0 Å². The van der Waals surface area contributed by atoms with Gasteiger partial charge >= 0.3 is 0 Å². The van der Waals surface area contributed by atoms with Crippen LogP contribution in [0.15, 0.2) is 24.3 Å². The molecule has 0 saturated carbocycles. The van der Waals surface area contributed by atoms with Gasteiger partial charge in [0.05, 0.1) is 0 Å². The lowest BCUT2D eigenvalue weighted by molar-refractivity contribution is 0.124. The molecule has 0 amide bonds. The fourth-order valence-electron chi connectivity index (χ4n) is 2.29. The number of ether oxygens (including phenoxy) is 1. The molecule has 0 bridgehead atoms. The highest BCUT2D eigenvalue weighted by Gasteiger charge is 2.09. The van der Waals surface area contributed by atoms with Crippen molar-refractivity contribution in [2.45, 2.75) is 52.5 Å². The predicted octanol–water partition coefficient (Wildman–Crippen LogP) is 4.11. The van der Waals surface area contributed by atoms with Crippen molar-refractivity contribution >= 4 is 0 Å². The van der Waals surface area contributed by atoms with Crippen molar-refractivity contribution in [3.05, 3.63) is 35.4 Å². The normalized spacial score (nSPS) is 12.6. The van der Waals surface area contributed by atoms with E-state index in [-0.39, 0.29) is 0 Å². The summed E-state index contributed by atoms with van der Waals surface area (Å²) >= 11 is 0. The molecule has 0 saturated heterocycles. The first-order valence-corrected chi connectivity index (χ1v) is 7.71. The Hall–Kier alpha value is -0.860. The molecule has 0 aromatic heterocycles. The van der Waals surface area contributed by atoms with E-state index in [0.29, 0.717) is 6.04 Å². The lowest BCUT2D eigenvalue weighted by Crippen LogP contribution is -2.22. The molecule has 0 aliphatic carbocycles. The highest BCUT2D eigenvalue weighted by molar-refractivity contribution is 5.25. The second-order valence-electron chi connectivity index (χ2n) is 5.00. The van der Waals surface area contributed by atoms with Gasteiger partial charge in [-0.15, -0.1) is 0 Å². The molecule has 0 aliphatic rings. The fraction of sp³-hybridized carbons (Fsp3) is 0.647. The Morgan fingerprint density at radius 2 is 1.74 bits per heavy atom. The van der Waals surface area contributed by atoms with Crippen LogP contribution in [0.4, 0.5) is 0 Å². The van der Waals surface area contributed by atoms with Gasteiger partial charge in [-0.1, -0.05) is 51.5 Å². The van der Waals surface area contributed by atoms with E-state index >= 15 is 0 Å². The summed E-state index contributed by atoms with van der Waals surface area (Å²) < 4.78 is 5.60. The molecule has 108 valence electrons. The Morgan fingerprint density at radius 1 is 1.00 bits per heavy atom. The van der Waals surface area contributed by atoms with Gasteiger partial charge < -0.3 is 10.1 Å². The van der Waals surface area contributed by atoms with Crippen LogP contribution in [-0.2, 0) is 11.2 Å². The Kier molecular flexibility index (Phi) is 8.52. The standard InChI is InChI=1S/C17H29NO/c1-4-7-15-8-10-16(11-9-15)17(18-6-3)12-14-19-13-5-2/h8-11,17-18H,4-7,12-14H2,1-3H3. The van der Waals surface area contributed by atoms with Gasteiger partial charge in [-0.05, 0) is 36.9 Å². The van der Waals surface area contributed by atoms with Crippen molar-refractivity contribution in [2.75, 3.05) is 19.8 Å². The molecular weight excluding hydrogens is 234 g/mol. The van der Waals surface area contributed by atoms with E-state index in [4.69, 9.17) is 4.74 Å². The predicted molar refractivity (Wildman–Crippen MR) is 82.6 cm³/mol. The summed E-state index contributed by atoms with van der Waals surface area (Å²) in [4.78, 5) is 0. The molecule has 0 radical (unpaired) electrons. The molecule has 1 N–H and O–H groups in total. The first-order valence-electron chi connectivity index (χ1n) is 7.71. The molecule has 1 aromatic carbocycles. The van der Waals surface area contributed by atoms with Crippen molar-refractivity contribution in [1.82, 2.24) is 5.32 Å². The van der Waals surface area contributed by atoms with Gasteiger partial charge in [-0.25, -0.2) is 0 Å². The van der Waals surface area contributed by atoms with E-state index in [9.17, 15) is 0 Å². The second-order valence-corrected chi connectivity index (χ2v) is 5.00. The van der Waals surface area contributed by atoms with Crippen molar-refractivity contribution in [3.8, 4) is 0 Å². The third kappa shape index (κ3) is 6.22. The monoisotopic (exact) mass is 263 g/mol. The zero-order valence-corrected chi connectivity index (χ0v) is 12.7. The Bertz CT molecular complexity index is 321. The van der Waals surface area contributed by atoms with E-state index in [2.05, 4.69) is 50.4 Å². The first-order chi connectivity index (χ1) is 9.31. The molecule has 2 nitrogen and oxygen atoms in total. The molecule has 1 atom stereocenters. The summed E-state index contributed by atoms with van der Waals surface area (Å²) in [6.07, 6.45) is 4.52. The quantitative estimate of drug-likeness (QED) is 0.642. The SMILES string of the molecule is CCCOCCC(NCC)c1ccc(CCC)cc1. The van der Waals surface area contributed by atoms with Crippen LogP contribution in [0.1, 0.15) is 57.2 Å². The average Bonchev–Trinajstić information content (AvgIpc) is 2.44. The number of benzene rings is 1. The smallest absolute Gasteiger partial charge is 0.0484 e. The minimum absolute atomic E-state index is 0.414. The van der Waals surface area contributed by atoms with Crippen LogP contribution in [-0.4, -0.2) is 19.8 Å². The highest BCUT2D eigenvalue weighted by Crippen LogP contribution is 2.18. The highest BCUT2D eigenvalue weighted by atomic mass is 16.5. The molecule has 0 spiro atoms. The first kappa shape index (κ1) is 16.2. The minimum atomic E-state index is 0.414. The van der Waals surface area contributed by atoms with Gasteiger partial charge in [-0.2, -0.15) is 0 Å². The maximum Gasteiger partial charge on any atom is 0.0484 e. The lowest BCUT2D eigenvalue weighted by atomic mass is 10.0. The summed E-state index contributed by atoms with van der Waals surface area (Å²) in [6.45, 7) is 9.23. The van der Waals surface area contributed by atoms with Crippen LogP contribution in [0, 0.1) is 0 Å². The minimum Gasteiger partial charge on any atom is -0.381 e. The Morgan fingerprint density at radius 3 is 2.32 bits per heavy atom. The van der Waals surface area contributed by atoms with Gasteiger partial charge in [0.25, 0.3) is 0 Å². The Balaban J connectivity index is 2.53. The summed E-state index contributed by atoms with van der Waals surface area (Å²) in [5.41, 5.74) is 2.81. The van der Waals surface area contributed by atoms with E-state index in [1.807, 2.05) is 0 Å². The lowest BCUT2D eigenvalue weighted by Gasteiger charge is -2.18. The van der Waals surface area contributed by atoms with E-state index in [1.165, 1.54) is 24.0 Å². The summed E-state index contributed by atoms with van der Waals surface area (Å²) in [5.74, 6) is 0. The van der Waals surface area contributed by atoms with Crippen LogP contribution in [0.5, 0.6) is 0 Å². The zero-order chi connectivity index (χ0) is 13.9. The molecular formula is C17H29NO. The molecule has 1 unspecified atom stereocenters. The average molecular weight is 263 g/mol. The van der Waals surface area contributed by atoms with Crippen LogP contribution in [0.3, 0.4) is 0 Å². The number of nitrogens with one attached hydrogen (secondary N) is 1. The maximum atomic E-state index is 5.60. The number of rotatable bonds is 10. The van der Waals surface area contributed by atoms with Crippen molar-refractivity contribution < 1.29 is 4.74 Å². The number of hydrogen-bond acceptors (Lipinski definition) is 2. The van der Waals surface area contributed by atoms with Crippen LogP contribution in [0.25, 0.3) is 0 Å². The van der Waals surface area contributed by atoms with Crippen LogP contribution < -0.4 is 5.32 Å². The van der Waals surface area contributed by atoms with Gasteiger partial charge in [0, 0.05) is 19.3 Å². The summed E-state index contributed by atoms with van der Waals surface area (Å²) in [7, 11) is 0. The van der Waals surface area contributed by atoms with E-state index < -0.39 is 0 Å². The molecule has 1 rings (SSSR count). The molecule has 19 heavy (non-hydrogen) atoms. The topological polar surface area (TPSA) is 21.3 Å². The van der Waals surface area contributed by atoms with Crippen molar-refractivity contribution in [1.29, 1.82) is 0 Å². The van der Waals surface area contributed by atoms with Gasteiger partial charge in [0.15, 0.2) is 0 Å². The summed E-state index contributed by atoms with van der Waals surface area (Å²) in [5, 5.41) is 3.55. The number of hydrogen-bond donors (Lipinski definition) is 1. The van der Waals surface area contributed by atoms with E-state index in [1.54, 1.807) is 0 Å². The zero-order valence-electron chi connectivity index (χ0n) is 12.7.